The summed E-state index contributed by atoms with van der Waals surface area (Å²) in [6.45, 7) is 3.83. The summed E-state index contributed by atoms with van der Waals surface area (Å²) < 4.78 is 10.6. The molecule has 0 saturated carbocycles. The zero-order valence-electron chi connectivity index (χ0n) is 11.2. The van der Waals surface area contributed by atoms with Gasteiger partial charge in [0, 0.05) is 12.2 Å². The van der Waals surface area contributed by atoms with Crippen LogP contribution in [0.15, 0.2) is 24.3 Å². The Bertz CT molecular complexity index is 420. The van der Waals surface area contributed by atoms with Gasteiger partial charge in [0.05, 0.1) is 24.8 Å². The normalized spacial score (nSPS) is 10.1. The predicted octanol–water partition coefficient (Wildman–Crippen LogP) is 2.57. The number of ketones is 1. The highest BCUT2D eigenvalue weighted by Gasteiger charge is 2.05. The van der Waals surface area contributed by atoms with Gasteiger partial charge in [-0.1, -0.05) is 25.5 Å². The van der Waals surface area contributed by atoms with Gasteiger partial charge in [-0.05, 0) is 18.6 Å². The molecular weight excluding hydrogens is 242 g/mol. The van der Waals surface area contributed by atoms with Gasteiger partial charge >= 0.3 is 0 Å². The molecule has 0 aliphatic rings. The van der Waals surface area contributed by atoms with Crippen LogP contribution in [0.25, 0.3) is 0 Å². The van der Waals surface area contributed by atoms with Gasteiger partial charge in [0.15, 0.2) is 5.78 Å². The molecule has 0 saturated heterocycles. The molecule has 0 aromatic heterocycles. The first-order chi connectivity index (χ1) is 9.27. The van der Waals surface area contributed by atoms with Crippen LogP contribution < -0.4 is 0 Å². The Morgan fingerprint density at radius 2 is 1.84 bits per heavy atom. The van der Waals surface area contributed by atoms with Crippen molar-refractivity contribution in [3.05, 3.63) is 35.4 Å². The number of nitrogens with zero attached hydrogens (tertiary/aromatic N) is 1. The summed E-state index contributed by atoms with van der Waals surface area (Å²) >= 11 is 0. The van der Waals surface area contributed by atoms with Crippen molar-refractivity contribution in [3.8, 4) is 6.07 Å². The number of Topliss-reactive ketones (excluding diaryl/α,β-unsaturated/α-hetero) is 1. The molecule has 1 aromatic carbocycles. The number of hydrogen-bond donors (Lipinski definition) is 0. The molecule has 0 N–H and O–H groups in total. The Labute approximate surface area is 113 Å². The summed E-state index contributed by atoms with van der Waals surface area (Å²) in [5, 5.41) is 8.66. The maximum Gasteiger partial charge on any atom is 0.188 e. The van der Waals surface area contributed by atoms with E-state index in [4.69, 9.17) is 14.7 Å². The van der Waals surface area contributed by atoms with E-state index in [0.29, 0.717) is 24.3 Å². The van der Waals surface area contributed by atoms with Crippen LogP contribution in [-0.4, -0.2) is 32.2 Å². The molecule has 0 bridgehead atoms. The number of hydrogen-bond acceptors (Lipinski definition) is 4. The molecule has 0 heterocycles. The number of ether oxygens (including phenoxy) is 2. The standard InChI is InChI=1S/C15H19NO3/c1-2-3-8-18-9-10-19-12-15(17)14-6-4-13(11-16)5-7-14/h4-7H,2-3,8-10,12H2,1H3. The maximum atomic E-state index is 11.7. The van der Waals surface area contributed by atoms with E-state index in [0.717, 1.165) is 19.4 Å². The fourth-order valence-corrected chi connectivity index (χ4v) is 1.45. The molecule has 4 heteroatoms. The Balaban J connectivity index is 2.18. The predicted molar refractivity (Wildman–Crippen MR) is 72.0 cm³/mol. The van der Waals surface area contributed by atoms with Crippen LogP contribution in [0.4, 0.5) is 0 Å². The number of carbonyl (C=O) groups excluding carboxylic acids is 1. The average Bonchev–Trinajstić information content (AvgIpc) is 2.46. The van der Waals surface area contributed by atoms with Crippen LogP contribution in [-0.2, 0) is 9.47 Å². The number of nitriles is 1. The van der Waals surface area contributed by atoms with Gasteiger partial charge in [-0.15, -0.1) is 0 Å². The van der Waals surface area contributed by atoms with Crippen molar-refractivity contribution in [2.75, 3.05) is 26.4 Å². The number of carbonyl (C=O) groups is 1. The van der Waals surface area contributed by atoms with Crippen LogP contribution in [0.1, 0.15) is 35.7 Å². The fraction of sp³-hybridized carbons (Fsp3) is 0.467. The first-order valence-electron chi connectivity index (χ1n) is 6.46. The van der Waals surface area contributed by atoms with Gasteiger partial charge in [-0.3, -0.25) is 4.79 Å². The van der Waals surface area contributed by atoms with E-state index in [-0.39, 0.29) is 12.4 Å². The SMILES string of the molecule is CCCCOCCOCC(=O)c1ccc(C#N)cc1. The lowest BCUT2D eigenvalue weighted by Gasteiger charge is -2.05. The summed E-state index contributed by atoms with van der Waals surface area (Å²) in [5.74, 6) is -0.0851. The third-order valence-corrected chi connectivity index (χ3v) is 2.58. The summed E-state index contributed by atoms with van der Waals surface area (Å²) in [4.78, 5) is 11.7. The molecule has 0 aliphatic carbocycles. The van der Waals surface area contributed by atoms with Crippen molar-refractivity contribution in [2.24, 2.45) is 0 Å². The highest BCUT2D eigenvalue weighted by molar-refractivity contribution is 5.97. The Hall–Kier alpha value is -1.70. The molecule has 0 fully saturated rings. The molecule has 1 aromatic rings. The lowest BCUT2D eigenvalue weighted by Crippen LogP contribution is -2.12. The third-order valence-electron chi connectivity index (χ3n) is 2.58. The molecule has 0 atom stereocenters. The highest BCUT2D eigenvalue weighted by Crippen LogP contribution is 2.04. The number of rotatable bonds is 9. The average molecular weight is 261 g/mol. The van der Waals surface area contributed by atoms with E-state index in [1.54, 1.807) is 24.3 Å². The van der Waals surface area contributed by atoms with Crippen LogP contribution >= 0.6 is 0 Å². The molecule has 19 heavy (non-hydrogen) atoms. The van der Waals surface area contributed by atoms with E-state index in [1.807, 2.05) is 6.07 Å². The van der Waals surface area contributed by atoms with Gasteiger partial charge in [-0.2, -0.15) is 5.26 Å². The zero-order chi connectivity index (χ0) is 13.9. The van der Waals surface area contributed by atoms with Crippen LogP contribution in [0, 0.1) is 11.3 Å². The Kier molecular flexibility index (Phi) is 7.48. The van der Waals surface area contributed by atoms with Crippen LogP contribution in [0.5, 0.6) is 0 Å². The summed E-state index contributed by atoms with van der Waals surface area (Å²) in [5.41, 5.74) is 1.10. The largest absolute Gasteiger partial charge is 0.379 e. The summed E-state index contributed by atoms with van der Waals surface area (Å²) in [6.07, 6.45) is 2.15. The number of unbranched alkanes of at least 4 members (excludes halogenated alkanes) is 1. The van der Waals surface area contributed by atoms with E-state index >= 15 is 0 Å². The molecule has 0 aliphatic heterocycles. The smallest absolute Gasteiger partial charge is 0.188 e. The molecule has 1 rings (SSSR count). The highest BCUT2D eigenvalue weighted by atomic mass is 16.5. The minimum absolute atomic E-state index is 0.0447. The van der Waals surface area contributed by atoms with E-state index in [2.05, 4.69) is 6.92 Å². The molecule has 102 valence electrons. The topological polar surface area (TPSA) is 59.3 Å². The van der Waals surface area contributed by atoms with Gasteiger partial charge in [0.1, 0.15) is 6.61 Å². The van der Waals surface area contributed by atoms with Crippen molar-refractivity contribution in [2.45, 2.75) is 19.8 Å². The monoisotopic (exact) mass is 261 g/mol. The second-order valence-electron chi connectivity index (χ2n) is 4.13. The lowest BCUT2D eigenvalue weighted by molar-refractivity contribution is 0.0432. The molecule has 0 spiro atoms. The van der Waals surface area contributed by atoms with E-state index in [1.165, 1.54) is 0 Å². The maximum absolute atomic E-state index is 11.7. The van der Waals surface area contributed by atoms with Crippen molar-refractivity contribution in [3.63, 3.8) is 0 Å². The molecule has 0 radical (unpaired) electrons. The van der Waals surface area contributed by atoms with Crippen LogP contribution in [0.2, 0.25) is 0 Å². The minimum atomic E-state index is -0.0851. The summed E-state index contributed by atoms with van der Waals surface area (Å²) in [7, 11) is 0. The first kappa shape index (κ1) is 15.4. The minimum Gasteiger partial charge on any atom is -0.379 e. The lowest BCUT2D eigenvalue weighted by atomic mass is 10.1. The second-order valence-corrected chi connectivity index (χ2v) is 4.13. The van der Waals surface area contributed by atoms with Crippen LogP contribution in [0.3, 0.4) is 0 Å². The third kappa shape index (κ3) is 6.14. The van der Waals surface area contributed by atoms with E-state index < -0.39 is 0 Å². The fourth-order valence-electron chi connectivity index (χ4n) is 1.45. The van der Waals surface area contributed by atoms with Gasteiger partial charge < -0.3 is 9.47 Å². The van der Waals surface area contributed by atoms with Crippen molar-refractivity contribution in [1.29, 1.82) is 5.26 Å². The Morgan fingerprint density at radius 3 is 2.47 bits per heavy atom. The first-order valence-corrected chi connectivity index (χ1v) is 6.46. The molecule has 4 nitrogen and oxygen atoms in total. The van der Waals surface area contributed by atoms with Gasteiger partial charge in [0.25, 0.3) is 0 Å². The number of benzene rings is 1. The second kappa shape index (κ2) is 9.26. The van der Waals surface area contributed by atoms with Crippen molar-refractivity contribution < 1.29 is 14.3 Å². The van der Waals surface area contributed by atoms with E-state index in [9.17, 15) is 4.79 Å². The zero-order valence-corrected chi connectivity index (χ0v) is 11.2. The van der Waals surface area contributed by atoms with Crippen molar-refractivity contribution in [1.82, 2.24) is 0 Å². The van der Waals surface area contributed by atoms with Gasteiger partial charge in [-0.25, -0.2) is 0 Å². The summed E-state index contributed by atoms with van der Waals surface area (Å²) in [6, 6.07) is 8.54. The quantitative estimate of drug-likeness (QED) is 0.506. The van der Waals surface area contributed by atoms with Crippen molar-refractivity contribution >= 4 is 5.78 Å². The molecule has 0 amide bonds. The van der Waals surface area contributed by atoms with Gasteiger partial charge in [0.2, 0.25) is 0 Å². The molecule has 0 unspecified atom stereocenters. The molecular formula is C15H19NO3. The Morgan fingerprint density at radius 1 is 1.16 bits per heavy atom.